The number of nitrogens with zero attached hydrogens (tertiary/aromatic N) is 2. The van der Waals surface area contributed by atoms with Crippen molar-refractivity contribution in [1.82, 2.24) is 9.97 Å². The van der Waals surface area contributed by atoms with E-state index in [2.05, 4.69) is 15.3 Å². The smallest absolute Gasteiger partial charge is 0.223 e. The maximum absolute atomic E-state index is 11.2. The summed E-state index contributed by atoms with van der Waals surface area (Å²) in [6.45, 7) is 4.48. The molecule has 0 aliphatic carbocycles. The fourth-order valence-corrected chi connectivity index (χ4v) is 1.88. The van der Waals surface area contributed by atoms with Gasteiger partial charge in [-0.25, -0.2) is 9.97 Å². The third-order valence-electron chi connectivity index (χ3n) is 2.51. The van der Waals surface area contributed by atoms with Crippen LogP contribution in [0, 0.1) is 6.92 Å². The Kier molecular flexibility index (Phi) is 5.61. The SMILES string of the molecule is Cc1cc(C(N)=S)nc(NCCC(C)S(C)=O)n1. The second kappa shape index (κ2) is 6.75. The molecule has 1 rings (SSSR count). The molecule has 0 saturated heterocycles. The van der Waals surface area contributed by atoms with Gasteiger partial charge >= 0.3 is 0 Å². The molecule has 0 spiro atoms. The normalized spacial score (nSPS) is 13.9. The summed E-state index contributed by atoms with van der Waals surface area (Å²) in [6, 6.07) is 1.75. The molecule has 5 nitrogen and oxygen atoms in total. The summed E-state index contributed by atoms with van der Waals surface area (Å²) in [5.74, 6) is 0.506. The standard InChI is InChI=1S/C11H18N4OS2/c1-7-6-9(10(12)17)15-11(14-7)13-5-4-8(2)18(3)16/h6,8H,4-5H2,1-3H3,(H2,12,17)(H,13,14,15). The van der Waals surface area contributed by atoms with Gasteiger partial charge in [0.25, 0.3) is 0 Å². The zero-order valence-corrected chi connectivity index (χ0v) is 12.4. The van der Waals surface area contributed by atoms with Crippen molar-refractivity contribution in [3.63, 3.8) is 0 Å². The van der Waals surface area contributed by atoms with E-state index in [1.165, 1.54) is 0 Å². The van der Waals surface area contributed by atoms with E-state index in [0.717, 1.165) is 12.1 Å². The number of rotatable bonds is 6. The van der Waals surface area contributed by atoms with Gasteiger partial charge in [0.15, 0.2) is 0 Å². The highest BCUT2D eigenvalue weighted by Gasteiger charge is 2.07. The molecule has 0 saturated carbocycles. The van der Waals surface area contributed by atoms with Crippen molar-refractivity contribution < 1.29 is 4.21 Å². The highest BCUT2D eigenvalue weighted by molar-refractivity contribution is 7.84. The predicted octanol–water partition coefficient (Wildman–Crippen LogP) is 0.988. The van der Waals surface area contributed by atoms with Gasteiger partial charge in [-0.1, -0.05) is 19.1 Å². The minimum Gasteiger partial charge on any atom is -0.388 e. The zero-order valence-electron chi connectivity index (χ0n) is 10.8. The summed E-state index contributed by atoms with van der Waals surface area (Å²) in [6.07, 6.45) is 2.50. The zero-order chi connectivity index (χ0) is 13.7. The predicted molar refractivity (Wildman–Crippen MR) is 79.3 cm³/mol. The molecular formula is C11H18N4OS2. The van der Waals surface area contributed by atoms with Crippen LogP contribution in [-0.2, 0) is 10.8 Å². The van der Waals surface area contributed by atoms with Crippen LogP contribution in [0.25, 0.3) is 0 Å². The van der Waals surface area contributed by atoms with E-state index >= 15 is 0 Å². The van der Waals surface area contributed by atoms with Gasteiger partial charge in [-0.3, -0.25) is 4.21 Å². The van der Waals surface area contributed by atoms with E-state index in [1.807, 2.05) is 13.8 Å². The average molecular weight is 286 g/mol. The van der Waals surface area contributed by atoms with Gasteiger partial charge in [-0.15, -0.1) is 0 Å². The maximum atomic E-state index is 11.2. The molecule has 3 N–H and O–H groups in total. The Morgan fingerprint density at radius 2 is 2.28 bits per heavy atom. The van der Waals surface area contributed by atoms with Crippen molar-refractivity contribution in [3.05, 3.63) is 17.5 Å². The van der Waals surface area contributed by atoms with Gasteiger partial charge in [-0.05, 0) is 19.4 Å². The summed E-state index contributed by atoms with van der Waals surface area (Å²) in [5, 5.41) is 3.25. The van der Waals surface area contributed by atoms with Crippen LogP contribution in [0.1, 0.15) is 24.7 Å². The highest BCUT2D eigenvalue weighted by Crippen LogP contribution is 2.06. The first kappa shape index (κ1) is 15.0. The van der Waals surface area contributed by atoms with E-state index in [0.29, 0.717) is 18.2 Å². The Hall–Kier alpha value is -1.08. The van der Waals surface area contributed by atoms with Gasteiger partial charge in [0, 0.05) is 34.5 Å². The summed E-state index contributed by atoms with van der Waals surface area (Å²) in [5.41, 5.74) is 6.91. The first-order valence-electron chi connectivity index (χ1n) is 5.61. The van der Waals surface area contributed by atoms with E-state index in [-0.39, 0.29) is 10.2 Å². The molecule has 0 amide bonds. The van der Waals surface area contributed by atoms with Crippen molar-refractivity contribution in [2.45, 2.75) is 25.5 Å². The molecule has 100 valence electrons. The molecule has 1 aromatic heterocycles. The fourth-order valence-electron chi connectivity index (χ4n) is 1.33. The largest absolute Gasteiger partial charge is 0.388 e. The van der Waals surface area contributed by atoms with Gasteiger partial charge in [-0.2, -0.15) is 0 Å². The number of nitrogens with two attached hydrogens (primary N) is 1. The summed E-state index contributed by atoms with van der Waals surface area (Å²) in [4.78, 5) is 8.71. The summed E-state index contributed by atoms with van der Waals surface area (Å²) in [7, 11) is -0.806. The Balaban J connectivity index is 2.62. The van der Waals surface area contributed by atoms with E-state index in [4.69, 9.17) is 18.0 Å². The molecule has 2 unspecified atom stereocenters. The third kappa shape index (κ3) is 4.66. The van der Waals surface area contributed by atoms with Crippen LogP contribution in [-0.4, -0.2) is 37.2 Å². The Labute approximate surface area is 115 Å². The van der Waals surface area contributed by atoms with Gasteiger partial charge in [0.2, 0.25) is 5.95 Å². The number of anilines is 1. The van der Waals surface area contributed by atoms with Crippen LogP contribution in [0.3, 0.4) is 0 Å². The van der Waals surface area contributed by atoms with Crippen molar-refractivity contribution in [3.8, 4) is 0 Å². The second-order valence-electron chi connectivity index (χ2n) is 4.11. The molecule has 7 heteroatoms. The first-order valence-corrected chi connectivity index (χ1v) is 7.64. The van der Waals surface area contributed by atoms with Crippen LogP contribution in [0.2, 0.25) is 0 Å². The van der Waals surface area contributed by atoms with Crippen LogP contribution < -0.4 is 11.1 Å². The second-order valence-corrected chi connectivity index (χ2v) is 6.35. The summed E-state index contributed by atoms with van der Waals surface area (Å²) < 4.78 is 11.2. The Bertz CT molecular complexity index is 464. The van der Waals surface area contributed by atoms with Crippen LogP contribution in [0.5, 0.6) is 0 Å². The van der Waals surface area contributed by atoms with Crippen LogP contribution in [0.4, 0.5) is 5.95 Å². The quantitative estimate of drug-likeness (QED) is 0.759. The average Bonchev–Trinajstić information content (AvgIpc) is 2.27. The first-order chi connectivity index (χ1) is 8.40. The molecule has 0 aliphatic rings. The van der Waals surface area contributed by atoms with Crippen molar-refractivity contribution >= 4 is 34.0 Å². The molecule has 0 aromatic carbocycles. The monoisotopic (exact) mass is 286 g/mol. The maximum Gasteiger partial charge on any atom is 0.223 e. The number of aromatic nitrogens is 2. The summed E-state index contributed by atoms with van der Waals surface area (Å²) >= 11 is 4.89. The molecule has 1 heterocycles. The third-order valence-corrected chi connectivity index (χ3v) is 4.09. The van der Waals surface area contributed by atoms with Crippen LogP contribution in [0.15, 0.2) is 6.07 Å². The minimum atomic E-state index is -0.806. The fraction of sp³-hybridized carbons (Fsp3) is 0.545. The van der Waals surface area contributed by atoms with E-state index < -0.39 is 10.8 Å². The van der Waals surface area contributed by atoms with Gasteiger partial charge in [0.1, 0.15) is 10.7 Å². The highest BCUT2D eigenvalue weighted by atomic mass is 32.2. The minimum absolute atomic E-state index is 0.150. The van der Waals surface area contributed by atoms with Crippen molar-refractivity contribution in [1.29, 1.82) is 0 Å². The number of hydrogen-bond acceptors (Lipinski definition) is 5. The van der Waals surface area contributed by atoms with Gasteiger partial charge in [0.05, 0.1) is 0 Å². The Morgan fingerprint density at radius 1 is 1.61 bits per heavy atom. The molecule has 0 bridgehead atoms. The Morgan fingerprint density at radius 3 is 2.83 bits per heavy atom. The molecule has 0 aliphatic heterocycles. The molecule has 18 heavy (non-hydrogen) atoms. The molecule has 0 fully saturated rings. The number of thiocarbonyl (C=S) groups is 1. The molecule has 1 aromatic rings. The topological polar surface area (TPSA) is 80.9 Å². The van der Waals surface area contributed by atoms with Crippen molar-refractivity contribution in [2.75, 3.05) is 18.1 Å². The van der Waals surface area contributed by atoms with Crippen LogP contribution >= 0.6 is 12.2 Å². The van der Waals surface area contributed by atoms with E-state index in [9.17, 15) is 4.21 Å². The number of hydrogen-bond donors (Lipinski definition) is 2. The van der Waals surface area contributed by atoms with Crippen molar-refractivity contribution in [2.24, 2.45) is 5.73 Å². The lowest BCUT2D eigenvalue weighted by Crippen LogP contribution is -2.18. The lowest BCUT2D eigenvalue weighted by atomic mass is 10.3. The lowest BCUT2D eigenvalue weighted by molar-refractivity contribution is 0.672. The number of nitrogens with one attached hydrogen (secondary N) is 1. The number of aryl methyl sites for hydroxylation is 1. The molecule has 0 radical (unpaired) electrons. The molecule has 2 atom stereocenters. The molecular weight excluding hydrogens is 268 g/mol. The van der Waals surface area contributed by atoms with E-state index in [1.54, 1.807) is 12.3 Å². The lowest BCUT2D eigenvalue weighted by Gasteiger charge is -2.10. The van der Waals surface area contributed by atoms with Gasteiger partial charge < -0.3 is 11.1 Å².